The largest absolute Gasteiger partial charge is 0.497 e. The number of fused-ring (bicyclic) bond motifs is 2. The predicted octanol–water partition coefficient (Wildman–Crippen LogP) is 3.77. The fourth-order valence-electron chi connectivity index (χ4n) is 5.63. The van der Waals surface area contributed by atoms with Gasteiger partial charge in [-0.1, -0.05) is 12.1 Å². The van der Waals surface area contributed by atoms with Gasteiger partial charge in [0.05, 0.1) is 54.3 Å². The number of likely N-dealkylation sites (N-methyl/N-ethyl adjacent to an activating group) is 1. The van der Waals surface area contributed by atoms with Crippen molar-refractivity contribution < 1.29 is 23.8 Å². The predicted molar refractivity (Wildman–Crippen MR) is 175 cm³/mol. The van der Waals surface area contributed by atoms with Gasteiger partial charge in [-0.25, -0.2) is 19.6 Å². The lowest BCUT2D eigenvalue weighted by molar-refractivity contribution is 0.0514. The van der Waals surface area contributed by atoms with Gasteiger partial charge in [0.2, 0.25) is 0 Å². The molecule has 0 radical (unpaired) electrons. The summed E-state index contributed by atoms with van der Waals surface area (Å²) in [5, 5.41) is 1.30. The molecular formula is C32H38N8O5. The van der Waals surface area contributed by atoms with E-state index < -0.39 is 11.9 Å². The van der Waals surface area contributed by atoms with Crippen molar-refractivity contribution in [3.05, 3.63) is 65.7 Å². The lowest BCUT2D eigenvalue weighted by Crippen LogP contribution is -2.25. The summed E-state index contributed by atoms with van der Waals surface area (Å²) in [7, 11) is 8.65. The summed E-state index contributed by atoms with van der Waals surface area (Å²) in [6.45, 7) is 3.07. The van der Waals surface area contributed by atoms with Crippen LogP contribution in [0, 0.1) is 0 Å². The number of carbonyl (C=O) groups excluding carboxylic acids is 2. The van der Waals surface area contributed by atoms with Crippen LogP contribution in [0.4, 0.5) is 22.7 Å². The van der Waals surface area contributed by atoms with Crippen molar-refractivity contribution in [2.24, 2.45) is 0 Å². The average Bonchev–Trinajstić information content (AvgIpc) is 3.49. The lowest BCUT2D eigenvalue weighted by atomic mass is 10.2. The normalized spacial score (nSPS) is 11.2. The van der Waals surface area contributed by atoms with Crippen LogP contribution in [0.1, 0.15) is 33.5 Å². The Labute approximate surface area is 260 Å². The summed E-state index contributed by atoms with van der Waals surface area (Å²) in [5.41, 5.74) is 17.9. The van der Waals surface area contributed by atoms with E-state index in [1.54, 1.807) is 35.6 Å². The molecule has 4 heterocycles. The summed E-state index contributed by atoms with van der Waals surface area (Å²) in [5.74, 6) is -0.361. The third-order valence-electron chi connectivity index (χ3n) is 7.82. The van der Waals surface area contributed by atoms with Crippen LogP contribution in [0.2, 0.25) is 0 Å². The minimum atomic E-state index is -0.566. The molecule has 45 heavy (non-hydrogen) atoms. The number of pyridine rings is 2. The molecule has 0 saturated heterocycles. The van der Waals surface area contributed by atoms with Gasteiger partial charge in [0.1, 0.15) is 17.0 Å². The molecule has 0 aliphatic heterocycles. The molecule has 0 amide bonds. The van der Waals surface area contributed by atoms with Crippen LogP contribution >= 0.6 is 0 Å². The lowest BCUT2D eigenvalue weighted by Gasteiger charge is -2.22. The van der Waals surface area contributed by atoms with E-state index in [-0.39, 0.29) is 23.7 Å². The van der Waals surface area contributed by atoms with Crippen LogP contribution in [0.15, 0.2) is 48.8 Å². The monoisotopic (exact) mass is 614 g/mol. The Kier molecular flexibility index (Phi) is 8.70. The van der Waals surface area contributed by atoms with E-state index in [9.17, 15) is 9.59 Å². The molecule has 4 aromatic heterocycles. The fraction of sp³-hybridized carbons (Fsp3) is 0.312. The van der Waals surface area contributed by atoms with Gasteiger partial charge >= 0.3 is 11.9 Å². The highest BCUT2D eigenvalue weighted by Crippen LogP contribution is 2.37. The smallest absolute Gasteiger partial charge is 0.357 e. The molecule has 0 aliphatic rings. The highest BCUT2D eigenvalue weighted by Gasteiger charge is 2.28. The van der Waals surface area contributed by atoms with Gasteiger partial charge in [0.15, 0.2) is 11.4 Å². The van der Waals surface area contributed by atoms with E-state index in [1.165, 1.54) is 7.11 Å². The van der Waals surface area contributed by atoms with E-state index in [0.29, 0.717) is 47.4 Å². The van der Waals surface area contributed by atoms with Gasteiger partial charge in [-0.15, -0.1) is 0 Å². The zero-order chi connectivity index (χ0) is 32.4. The SMILES string of the molecule is CCOC(=O)c1c(N)c2c(N(C)C)ccnc2n1CCN(C)c1ccnc2c1c(N)c(C(=O)OC)n2Cc1ccc(OC)cc1. The fourth-order valence-corrected chi connectivity index (χ4v) is 5.63. The van der Waals surface area contributed by atoms with Crippen molar-refractivity contribution in [3.8, 4) is 5.75 Å². The molecule has 0 aliphatic carbocycles. The second-order valence-corrected chi connectivity index (χ2v) is 10.7. The summed E-state index contributed by atoms with van der Waals surface area (Å²) in [6.07, 6.45) is 3.37. The van der Waals surface area contributed by atoms with Gasteiger partial charge in [-0.05, 0) is 36.8 Å². The minimum Gasteiger partial charge on any atom is -0.497 e. The molecule has 4 N–H and O–H groups in total. The molecule has 0 unspecified atom stereocenters. The summed E-state index contributed by atoms with van der Waals surface area (Å²) >= 11 is 0. The van der Waals surface area contributed by atoms with Gasteiger partial charge in [-0.3, -0.25) is 0 Å². The first kappa shape index (κ1) is 31.0. The summed E-state index contributed by atoms with van der Waals surface area (Å²) < 4.78 is 19.3. The number of anilines is 4. The van der Waals surface area contributed by atoms with Crippen molar-refractivity contribution in [2.45, 2.75) is 20.0 Å². The van der Waals surface area contributed by atoms with Crippen molar-refractivity contribution in [3.63, 3.8) is 0 Å². The van der Waals surface area contributed by atoms with Crippen LogP contribution in [-0.2, 0) is 22.6 Å². The third kappa shape index (κ3) is 5.52. The standard InChI is InChI=1S/C32H38N8O5/c1-7-45-32(42)28-25(33)23-21(37(2)3)12-14-35-29(23)39(28)17-16-38(4)22-13-15-36-30-24(22)26(34)27(31(41)44-6)40(30)18-19-8-10-20(43-5)11-9-19/h8-15H,7,16-18,33-34H2,1-6H3. The molecule has 13 heteroatoms. The Morgan fingerprint density at radius 1 is 0.822 bits per heavy atom. The van der Waals surface area contributed by atoms with Crippen molar-refractivity contribution >= 4 is 56.8 Å². The number of methoxy groups -OCH3 is 2. The number of rotatable bonds is 11. The number of hydrogen-bond acceptors (Lipinski definition) is 11. The maximum Gasteiger partial charge on any atom is 0.357 e. The quantitative estimate of drug-likeness (QED) is 0.209. The van der Waals surface area contributed by atoms with Crippen LogP contribution in [0.3, 0.4) is 0 Å². The Hall–Kier alpha value is -5.46. The maximum absolute atomic E-state index is 13.1. The number of nitrogens with two attached hydrogens (primary N) is 2. The first-order chi connectivity index (χ1) is 21.6. The molecule has 236 valence electrons. The molecule has 0 atom stereocenters. The summed E-state index contributed by atoms with van der Waals surface area (Å²) in [6, 6.07) is 11.2. The molecule has 5 rings (SSSR count). The number of esters is 2. The van der Waals surface area contributed by atoms with Crippen molar-refractivity contribution in [1.29, 1.82) is 0 Å². The van der Waals surface area contributed by atoms with Crippen LogP contribution in [-0.4, -0.2) is 79.6 Å². The molecule has 0 fully saturated rings. The molecule has 0 spiro atoms. The Bertz CT molecular complexity index is 1880. The number of carbonyl (C=O) groups is 2. The number of aromatic nitrogens is 4. The van der Waals surface area contributed by atoms with E-state index in [1.807, 2.05) is 67.3 Å². The zero-order valence-electron chi connectivity index (χ0n) is 26.3. The van der Waals surface area contributed by atoms with E-state index >= 15 is 0 Å². The third-order valence-corrected chi connectivity index (χ3v) is 7.82. The number of nitrogens with zero attached hydrogens (tertiary/aromatic N) is 6. The molecule has 0 saturated carbocycles. The molecule has 1 aromatic carbocycles. The number of ether oxygens (including phenoxy) is 3. The van der Waals surface area contributed by atoms with Gasteiger partial charge in [0.25, 0.3) is 0 Å². The van der Waals surface area contributed by atoms with Crippen LogP contribution < -0.4 is 26.0 Å². The van der Waals surface area contributed by atoms with E-state index in [0.717, 1.165) is 22.7 Å². The number of nitrogen functional groups attached to an aromatic ring is 2. The molecule has 5 aromatic rings. The van der Waals surface area contributed by atoms with Crippen molar-refractivity contribution in [1.82, 2.24) is 19.1 Å². The highest BCUT2D eigenvalue weighted by atomic mass is 16.5. The second kappa shape index (κ2) is 12.6. The number of benzene rings is 1. The Morgan fingerprint density at radius 2 is 1.40 bits per heavy atom. The Balaban J connectivity index is 1.56. The van der Waals surface area contributed by atoms with Crippen molar-refractivity contribution in [2.75, 3.05) is 69.8 Å². The van der Waals surface area contributed by atoms with Gasteiger partial charge in [-0.2, -0.15) is 0 Å². The number of hydrogen-bond donors (Lipinski definition) is 2. The highest BCUT2D eigenvalue weighted by molar-refractivity contribution is 6.11. The average molecular weight is 615 g/mol. The molecule has 0 bridgehead atoms. The van der Waals surface area contributed by atoms with Crippen LogP contribution in [0.5, 0.6) is 5.75 Å². The Morgan fingerprint density at radius 3 is 1.98 bits per heavy atom. The van der Waals surface area contributed by atoms with Crippen LogP contribution in [0.25, 0.3) is 22.1 Å². The molecular weight excluding hydrogens is 576 g/mol. The van der Waals surface area contributed by atoms with Gasteiger partial charge < -0.3 is 44.6 Å². The maximum atomic E-state index is 13.1. The first-order valence-corrected chi connectivity index (χ1v) is 14.4. The van der Waals surface area contributed by atoms with Gasteiger partial charge in [0, 0.05) is 53.2 Å². The first-order valence-electron chi connectivity index (χ1n) is 14.4. The van der Waals surface area contributed by atoms with E-state index in [4.69, 9.17) is 25.7 Å². The topological polar surface area (TPSA) is 156 Å². The zero-order valence-corrected chi connectivity index (χ0v) is 26.3. The minimum absolute atomic E-state index is 0.206. The van der Waals surface area contributed by atoms with E-state index in [2.05, 4.69) is 9.97 Å². The second-order valence-electron chi connectivity index (χ2n) is 10.7. The summed E-state index contributed by atoms with van der Waals surface area (Å²) in [4.78, 5) is 39.3. The molecule has 13 nitrogen and oxygen atoms in total.